The fraction of sp³-hybridized carbons (Fsp3) is 0.611. The molecule has 0 aromatic heterocycles. The van der Waals surface area contributed by atoms with Gasteiger partial charge in [-0.1, -0.05) is 6.07 Å². The lowest BCUT2D eigenvalue weighted by molar-refractivity contribution is -0.133. The summed E-state index contributed by atoms with van der Waals surface area (Å²) in [6.07, 6.45) is 3.07. The zero-order valence-corrected chi connectivity index (χ0v) is 14.8. The van der Waals surface area contributed by atoms with Crippen LogP contribution >= 0.6 is 12.4 Å². The number of hydrogen-bond donors (Lipinski definition) is 1. The van der Waals surface area contributed by atoms with Crippen molar-refractivity contribution < 1.29 is 14.3 Å². The first-order chi connectivity index (χ1) is 11.2. The number of halogens is 1. The number of carbonyl (C=O) groups excluding carboxylic acids is 1. The number of carbonyl (C=O) groups is 1. The minimum absolute atomic E-state index is 0. The number of ether oxygens (including phenoxy) is 2. The molecule has 132 valence electrons. The van der Waals surface area contributed by atoms with Gasteiger partial charge in [0.25, 0.3) is 0 Å². The summed E-state index contributed by atoms with van der Waals surface area (Å²) >= 11 is 0. The van der Waals surface area contributed by atoms with E-state index in [-0.39, 0.29) is 18.3 Å². The van der Waals surface area contributed by atoms with Gasteiger partial charge in [-0.15, -0.1) is 12.4 Å². The molecule has 2 heterocycles. The lowest BCUT2D eigenvalue weighted by Crippen LogP contribution is -2.44. The summed E-state index contributed by atoms with van der Waals surface area (Å²) in [4.78, 5) is 14.7. The van der Waals surface area contributed by atoms with Crippen LogP contribution in [0, 0.1) is 5.92 Å². The van der Waals surface area contributed by atoms with Crippen molar-refractivity contribution in [2.24, 2.45) is 5.92 Å². The highest BCUT2D eigenvalue weighted by molar-refractivity contribution is 5.85. The third-order valence-electron chi connectivity index (χ3n) is 5.31. The van der Waals surface area contributed by atoms with E-state index < -0.39 is 0 Å². The van der Waals surface area contributed by atoms with Crippen LogP contribution in [0.4, 0.5) is 0 Å². The molecule has 1 aliphatic carbocycles. The SMILES string of the molecule is CN(C(=O)C1CC1c1ccc2c(c1)OCCO2)C1CCNCC1.Cl. The van der Waals surface area contributed by atoms with Gasteiger partial charge in [-0.25, -0.2) is 0 Å². The number of hydrogen-bond acceptors (Lipinski definition) is 4. The standard InChI is InChI=1S/C18H24N2O3.ClH/c1-20(13-4-6-19-7-5-13)18(21)15-11-14(15)12-2-3-16-17(10-12)23-9-8-22-16;/h2-3,10,13-15,19H,4-9,11H2,1H3;1H. The predicted octanol–water partition coefficient (Wildman–Crippen LogP) is 2.19. The van der Waals surface area contributed by atoms with Gasteiger partial charge in [-0.05, 0) is 56.0 Å². The van der Waals surface area contributed by atoms with E-state index in [1.54, 1.807) is 0 Å². The van der Waals surface area contributed by atoms with Crippen LogP contribution in [0.15, 0.2) is 18.2 Å². The van der Waals surface area contributed by atoms with Gasteiger partial charge in [0.15, 0.2) is 11.5 Å². The molecule has 0 bridgehead atoms. The van der Waals surface area contributed by atoms with E-state index in [0.717, 1.165) is 43.9 Å². The molecule has 0 spiro atoms. The van der Waals surface area contributed by atoms with Crippen LogP contribution < -0.4 is 14.8 Å². The maximum atomic E-state index is 12.7. The zero-order chi connectivity index (χ0) is 15.8. The van der Waals surface area contributed by atoms with E-state index in [1.165, 1.54) is 5.56 Å². The second-order valence-corrected chi connectivity index (χ2v) is 6.78. The van der Waals surface area contributed by atoms with Crippen molar-refractivity contribution in [3.8, 4) is 11.5 Å². The first-order valence-electron chi connectivity index (χ1n) is 8.61. The lowest BCUT2D eigenvalue weighted by Gasteiger charge is -2.32. The molecule has 1 amide bonds. The highest BCUT2D eigenvalue weighted by atomic mass is 35.5. The molecule has 1 aromatic rings. The number of nitrogens with zero attached hydrogens (tertiary/aromatic N) is 1. The molecule has 3 aliphatic rings. The quantitative estimate of drug-likeness (QED) is 0.906. The molecule has 1 N–H and O–H groups in total. The molecule has 24 heavy (non-hydrogen) atoms. The van der Waals surface area contributed by atoms with Crippen LogP contribution in [0.5, 0.6) is 11.5 Å². The van der Waals surface area contributed by atoms with E-state index in [9.17, 15) is 4.79 Å². The minimum atomic E-state index is 0. The average Bonchev–Trinajstić information content (AvgIpc) is 3.41. The van der Waals surface area contributed by atoms with Crippen LogP contribution in [0.3, 0.4) is 0 Å². The predicted molar refractivity (Wildman–Crippen MR) is 94.2 cm³/mol. The Kier molecular flexibility index (Phi) is 5.21. The molecule has 2 fully saturated rings. The van der Waals surface area contributed by atoms with Crippen molar-refractivity contribution >= 4 is 18.3 Å². The number of piperidine rings is 1. The Bertz CT molecular complexity index is 604. The first-order valence-corrected chi connectivity index (χ1v) is 8.61. The molecular weight excluding hydrogens is 328 g/mol. The topological polar surface area (TPSA) is 50.8 Å². The van der Waals surface area contributed by atoms with Crippen molar-refractivity contribution in [3.63, 3.8) is 0 Å². The molecule has 5 nitrogen and oxygen atoms in total. The summed E-state index contributed by atoms with van der Waals surface area (Å²) in [5.74, 6) is 2.41. The maximum absolute atomic E-state index is 12.7. The number of amides is 1. The average molecular weight is 353 g/mol. The van der Waals surface area contributed by atoms with Crippen LogP contribution in [-0.4, -0.2) is 50.2 Å². The first kappa shape index (κ1) is 17.4. The van der Waals surface area contributed by atoms with Crippen LogP contribution in [0.25, 0.3) is 0 Å². The number of nitrogens with one attached hydrogen (secondary N) is 1. The van der Waals surface area contributed by atoms with Gasteiger partial charge >= 0.3 is 0 Å². The van der Waals surface area contributed by atoms with E-state index in [1.807, 2.05) is 18.0 Å². The van der Waals surface area contributed by atoms with Crippen molar-refractivity contribution in [1.29, 1.82) is 0 Å². The van der Waals surface area contributed by atoms with E-state index in [0.29, 0.717) is 31.1 Å². The van der Waals surface area contributed by atoms with Crippen LogP contribution in [-0.2, 0) is 4.79 Å². The van der Waals surface area contributed by atoms with Gasteiger partial charge < -0.3 is 19.7 Å². The molecule has 0 radical (unpaired) electrons. The third kappa shape index (κ3) is 3.33. The zero-order valence-electron chi connectivity index (χ0n) is 14.0. The fourth-order valence-corrected chi connectivity index (χ4v) is 3.76. The Hall–Kier alpha value is -1.46. The molecule has 1 saturated carbocycles. The van der Waals surface area contributed by atoms with Crippen molar-refractivity contribution in [2.45, 2.75) is 31.2 Å². The highest BCUT2D eigenvalue weighted by Gasteiger charge is 2.46. The minimum Gasteiger partial charge on any atom is -0.486 e. The Morgan fingerprint density at radius 2 is 1.88 bits per heavy atom. The van der Waals surface area contributed by atoms with Crippen molar-refractivity contribution in [2.75, 3.05) is 33.4 Å². The number of benzene rings is 1. The second-order valence-electron chi connectivity index (χ2n) is 6.78. The van der Waals surface area contributed by atoms with Gasteiger partial charge in [-0.3, -0.25) is 4.79 Å². The van der Waals surface area contributed by atoms with Gasteiger partial charge in [0.2, 0.25) is 5.91 Å². The van der Waals surface area contributed by atoms with E-state index in [2.05, 4.69) is 17.4 Å². The summed E-state index contributed by atoms with van der Waals surface area (Å²) in [6.45, 7) is 3.23. The highest BCUT2D eigenvalue weighted by Crippen LogP contribution is 2.50. The molecule has 2 aliphatic heterocycles. The van der Waals surface area contributed by atoms with Gasteiger partial charge in [0.1, 0.15) is 13.2 Å². The molecule has 4 rings (SSSR count). The Balaban J connectivity index is 0.00000169. The van der Waals surface area contributed by atoms with Crippen molar-refractivity contribution in [1.82, 2.24) is 10.2 Å². The molecule has 1 saturated heterocycles. The summed E-state index contributed by atoms with van der Waals surface area (Å²) in [7, 11) is 1.97. The molecule has 2 unspecified atom stereocenters. The van der Waals surface area contributed by atoms with Gasteiger partial charge in [0, 0.05) is 19.0 Å². The van der Waals surface area contributed by atoms with Crippen molar-refractivity contribution in [3.05, 3.63) is 23.8 Å². The fourth-order valence-electron chi connectivity index (χ4n) is 3.76. The summed E-state index contributed by atoms with van der Waals surface area (Å²) in [6, 6.07) is 6.50. The second kappa shape index (κ2) is 7.19. The smallest absolute Gasteiger partial charge is 0.226 e. The summed E-state index contributed by atoms with van der Waals surface area (Å²) in [5, 5.41) is 3.35. The van der Waals surface area contributed by atoms with E-state index >= 15 is 0 Å². The summed E-state index contributed by atoms with van der Waals surface area (Å²) in [5.41, 5.74) is 1.20. The normalized spacial score (nSPS) is 25.5. The van der Waals surface area contributed by atoms with Gasteiger partial charge in [-0.2, -0.15) is 0 Å². The lowest BCUT2D eigenvalue weighted by atomic mass is 10.0. The molecular formula is C18H25ClN2O3. The monoisotopic (exact) mass is 352 g/mol. The largest absolute Gasteiger partial charge is 0.486 e. The Morgan fingerprint density at radius 3 is 2.62 bits per heavy atom. The maximum Gasteiger partial charge on any atom is 0.226 e. The Morgan fingerprint density at radius 1 is 1.17 bits per heavy atom. The molecule has 1 aromatic carbocycles. The van der Waals surface area contributed by atoms with Gasteiger partial charge in [0.05, 0.1) is 0 Å². The molecule has 2 atom stereocenters. The summed E-state index contributed by atoms with van der Waals surface area (Å²) < 4.78 is 11.2. The number of rotatable bonds is 3. The van der Waals surface area contributed by atoms with Crippen LogP contribution in [0.1, 0.15) is 30.7 Å². The Labute approximate surface area is 149 Å². The van der Waals surface area contributed by atoms with Crippen LogP contribution in [0.2, 0.25) is 0 Å². The third-order valence-corrected chi connectivity index (χ3v) is 5.31. The molecule has 6 heteroatoms. The number of fused-ring (bicyclic) bond motifs is 1. The van der Waals surface area contributed by atoms with E-state index in [4.69, 9.17) is 9.47 Å².